The van der Waals surface area contributed by atoms with Gasteiger partial charge >= 0.3 is 0 Å². The maximum Gasteiger partial charge on any atom is 0.254 e. The Morgan fingerprint density at radius 3 is 2.32 bits per heavy atom. The van der Waals surface area contributed by atoms with E-state index < -0.39 is 17.8 Å². The van der Waals surface area contributed by atoms with Crippen molar-refractivity contribution in [3.63, 3.8) is 0 Å². The van der Waals surface area contributed by atoms with E-state index in [9.17, 15) is 14.0 Å². The number of hydrogen-bond acceptors (Lipinski definition) is 2. The third-order valence-electron chi connectivity index (χ3n) is 4.07. The summed E-state index contributed by atoms with van der Waals surface area (Å²) in [4.78, 5) is 24.8. The van der Waals surface area contributed by atoms with Crippen LogP contribution >= 0.6 is 0 Å². The third-order valence-corrected chi connectivity index (χ3v) is 4.07. The summed E-state index contributed by atoms with van der Waals surface area (Å²) in [7, 11) is 0. The molecule has 1 atom stereocenters. The van der Waals surface area contributed by atoms with Gasteiger partial charge in [-0.2, -0.15) is 0 Å². The van der Waals surface area contributed by atoms with Gasteiger partial charge in [-0.3, -0.25) is 9.59 Å². The number of nitrogens with one attached hydrogen (secondary N) is 2. The van der Waals surface area contributed by atoms with Crippen LogP contribution in [0.25, 0.3) is 0 Å². The maximum atomic E-state index is 13.7. The van der Waals surface area contributed by atoms with Crippen LogP contribution in [0, 0.1) is 18.7 Å². The van der Waals surface area contributed by atoms with E-state index in [-0.39, 0.29) is 17.4 Å². The fraction of sp³-hybridized carbons (Fsp3) is 0.300. The molecule has 5 heteroatoms. The van der Waals surface area contributed by atoms with E-state index in [2.05, 4.69) is 10.6 Å². The number of benzene rings is 2. The summed E-state index contributed by atoms with van der Waals surface area (Å²) in [6.45, 7) is 6.02. The first-order valence-corrected chi connectivity index (χ1v) is 8.27. The van der Waals surface area contributed by atoms with E-state index >= 15 is 0 Å². The highest BCUT2D eigenvalue weighted by Crippen LogP contribution is 2.10. The SMILES string of the molecule is Cc1ccccc1CNC(=O)C(NC(=O)c1ccccc1F)C(C)C. The molecular weight excluding hydrogens is 319 g/mol. The lowest BCUT2D eigenvalue weighted by Gasteiger charge is -2.22. The Hall–Kier alpha value is -2.69. The van der Waals surface area contributed by atoms with Crippen LogP contribution in [0.5, 0.6) is 0 Å². The molecule has 0 radical (unpaired) electrons. The average molecular weight is 342 g/mol. The molecule has 0 aliphatic carbocycles. The van der Waals surface area contributed by atoms with E-state index in [1.165, 1.54) is 18.2 Å². The van der Waals surface area contributed by atoms with Crippen LogP contribution in [0.2, 0.25) is 0 Å². The van der Waals surface area contributed by atoms with Gasteiger partial charge in [0.1, 0.15) is 11.9 Å². The summed E-state index contributed by atoms with van der Waals surface area (Å²) < 4.78 is 13.7. The second kappa shape index (κ2) is 8.42. The predicted molar refractivity (Wildman–Crippen MR) is 95.5 cm³/mol. The number of rotatable bonds is 6. The van der Waals surface area contributed by atoms with Crippen molar-refractivity contribution in [3.8, 4) is 0 Å². The monoisotopic (exact) mass is 342 g/mol. The molecule has 0 fully saturated rings. The number of carbonyl (C=O) groups excluding carboxylic acids is 2. The molecule has 0 saturated heterocycles. The van der Waals surface area contributed by atoms with Crippen molar-refractivity contribution in [2.75, 3.05) is 0 Å². The normalized spacial score (nSPS) is 11.9. The van der Waals surface area contributed by atoms with Crippen molar-refractivity contribution in [1.29, 1.82) is 0 Å². The summed E-state index contributed by atoms with van der Waals surface area (Å²) in [6, 6.07) is 12.7. The van der Waals surface area contributed by atoms with E-state index in [0.29, 0.717) is 6.54 Å². The molecule has 0 aliphatic heterocycles. The van der Waals surface area contributed by atoms with Crippen molar-refractivity contribution in [2.24, 2.45) is 5.92 Å². The molecule has 0 bridgehead atoms. The van der Waals surface area contributed by atoms with Crippen molar-refractivity contribution in [3.05, 3.63) is 71.0 Å². The van der Waals surface area contributed by atoms with Crippen LogP contribution in [0.3, 0.4) is 0 Å². The Morgan fingerprint density at radius 2 is 1.68 bits per heavy atom. The second-order valence-electron chi connectivity index (χ2n) is 6.32. The molecule has 2 N–H and O–H groups in total. The quantitative estimate of drug-likeness (QED) is 0.847. The molecule has 2 rings (SSSR count). The molecular formula is C20H23FN2O2. The van der Waals surface area contributed by atoms with Crippen molar-refractivity contribution in [2.45, 2.75) is 33.4 Å². The first-order valence-electron chi connectivity index (χ1n) is 8.27. The Balaban J connectivity index is 2.04. The summed E-state index contributed by atoms with van der Waals surface area (Å²) in [6.07, 6.45) is 0. The van der Waals surface area contributed by atoms with Crippen LogP contribution in [0.1, 0.15) is 35.3 Å². The second-order valence-corrected chi connectivity index (χ2v) is 6.32. The zero-order valence-electron chi connectivity index (χ0n) is 14.7. The van der Waals surface area contributed by atoms with Crippen molar-refractivity contribution < 1.29 is 14.0 Å². The minimum absolute atomic E-state index is 0.0696. The number of aryl methyl sites for hydroxylation is 1. The van der Waals surface area contributed by atoms with Gasteiger partial charge in [0.05, 0.1) is 5.56 Å². The van der Waals surface area contributed by atoms with Crippen LogP contribution in [-0.2, 0) is 11.3 Å². The number of hydrogen-bond donors (Lipinski definition) is 2. The molecule has 132 valence electrons. The Morgan fingerprint density at radius 1 is 1.04 bits per heavy atom. The largest absolute Gasteiger partial charge is 0.350 e. The van der Waals surface area contributed by atoms with E-state index in [1.54, 1.807) is 6.07 Å². The molecule has 0 aromatic heterocycles. The zero-order chi connectivity index (χ0) is 18.4. The lowest BCUT2D eigenvalue weighted by Crippen LogP contribution is -2.49. The van der Waals surface area contributed by atoms with Gasteiger partial charge in [0.15, 0.2) is 0 Å². The molecule has 4 nitrogen and oxygen atoms in total. The standard InChI is InChI=1S/C20H23FN2O2/c1-13(2)18(23-19(24)16-10-6-7-11-17(16)21)20(25)22-12-15-9-5-4-8-14(15)3/h4-11,13,18H,12H2,1-3H3,(H,22,25)(H,23,24). The molecule has 0 aliphatic rings. The number of carbonyl (C=O) groups is 2. The summed E-state index contributed by atoms with van der Waals surface area (Å²) in [5.74, 6) is -1.62. The molecule has 0 saturated carbocycles. The lowest BCUT2D eigenvalue weighted by atomic mass is 10.0. The average Bonchev–Trinajstić information content (AvgIpc) is 2.58. The van der Waals surface area contributed by atoms with Gasteiger partial charge in [-0.15, -0.1) is 0 Å². The maximum absolute atomic E-state index is 13.7. The molecule has 0 heterocycles. The van der Waals surface area contributed by atoms with Crippen LogP contribution in [0.4, 0.5) is 4.39 Å². The number of halogens is 1. The molecule has 2 aromatic carbocycles. The molecule has 1 unspecified atom stereocenters. The molecule has 2 aromatic rings. The minimum atomic E-state index is -0.740. The zero-order valence-corrected chi connectivity index (χ0v) is 14.7. The van der Waals surface area contributed by atoms with Gasteiger partial charge in [0.2, 0.25) is 5.91 Å². The number of amides is 2. The van der Waals surface area contributed by atoms with Gasteiger partial charge in [-0.25, -0.2) is 4.39 Å². The summed E-state index contributed by atoms with van der Waals surface area (Å²) in [5, 5.41) is 5.48. The van der Waals surface area contributed by atoms with Gasteiger partial charge < -0.3 is 10.6 Å². The topological polar surface area (TPSA) is 58.2 Å². The van der Waals surface area contributed by atoms with E-state index in [0.717, 1.165) is 11.1 Å². The highest BCUT2D eigenvalue weighted by atomic mass is 19.1. The first kappa shape index (κ1) is 18.6. The fourth-order valence-electron chi connectivity index (χ4n) is 2.50. The van der Waals surface area contributed by atoms with Gasteiger partial charge in [-0.1, -0.05) is 50.2 Å². The van der Waals surface area contributed by atoms with Gasteiger partial charge in [-0.05, 0) is 36.1 Å². The summed E-state index contributed by atoms with van der Waals surface area (Å²) in [5.41, 5.74) is 2.03. The van der Waals surface area contributed by atoms with Crippen LogP contribution < -0.4 is 10.6 Å². The van der Waals surface area contributed by atoms with Crippen LogP contribution in [-0.4, -0.2) is 17.9 Å². The van der Waals surface area contributed by atoms with Crippen molar-refractivity contribution in [1.82, 2.24) is 10.6 Å². The molecule has 0 spiro atoms. The fourth-order valence-corrected chi connectivity index (χ4v) is 2.50. The third kappa shape index (κ3) is 4.89. The highest BCUT2D eigenvalue weighted by molar-refractivity contribution is 5.97. The van der Waals surface area contributed by atoms with Gasteiger partial charge in [0, 0.05) is 6.54 Å². The van der Waals surface area contributed by atoms with E-state index in [4.69, 9.17) is 0 Å². The predicted octanol–water partition coefficient (Wildman–Crippen LogP) is 3.20. The Bertz CT molecular complexity index is 759. The molecule has 25 heavy (non-hydrogen) atoms. The van der Waals surface area contributed by atoms with E-state index in [1.807, 2.05) is 45.0 Å². The Labute approximate surface area is 147 Å². The van der Waals surface area contributed by atoms with Crippen LogP contribution in [0.15, 0.2) is 48.5 Å². The first-order chi connectivity index (χ1) is 11.9. The van der Waals surface area contributed by atoms with Crippen molar-refractivity contribution >= 4 is 11.8 Å². The molecule has 2 amide bonds. The summed E-state index contributed by atoms with van der Waals surface area (Å²) >= 11 is 0. The lowest BCUT2D eigenvalue weighted by molar-refractivity contribution is -0.124. The smallest absolute Gasteiger partial charge is 0.254 e. The Kier molecular flexibility index (Phi) is 6.28. The highest BCUT2D eigenvalue weighted by Gasteiger charge is 2.25. The van der Waals surface area contributed by atoms with Gasteiger partial charge in [0.25, 0.3) is 5.91 Å². The minimum Gasteiger partial charge on any atom is -0.350 e.